The Hall–Kier alpha value is -0.860. The van der Waals surface area contributed by atoms with Crippen LogP contribution in [-0.4, -0.2) is 95.1 Å². The van der Waals surface area contributed by atoms with Gasteiger partial charge in [-0.3, -0.25) is 9.35 Å². The standard InChI is InChI=1S/C25H48O11S/c1-2-3-4-5-6-7-8-9-10-11-12-13-14-15-21(27)35-19(16-26)17-34-25-24(30)23(29)22(28)20(36-25)18-37(31,32)33/h19-20,22-26,28-30H,2-18H2,1H3,(H,31,32,33)/t19?,20-,22-,23+,24-,25+/m1/s1. The minimum atomic E-state index is -4.54. The van der Waals surface area contributed by atoms with Gasteiger partial charge in [0, 0.05) is 6.42 Å². The molecule has 220 valence electrons. The lowest BCUT2D eigenvalue weighted by atomic mass is 10.00. The van der Waals surface area contributed by atoms with Gasteiger partial charge < -0.3 is 34.6 Å². The number of carbonyl (C=O) groups is 1. The lowest BCUT2D eigenvalue weighted by molar-refractivity contribution is -0.297. The Balaban J connectivity index is 2.20. The van der Waals surface area contributed by atoms with E-state index >= 15 is 0 Å². The van der Waals surface area contributed by atoms with Crippen LogP contribution >= 0.6 is 0 Å². The zero-order valence-corrected chi connectivity index (χ0v) is 22.9. The molecule has 0 bridgehead atoms. The van der Waals surface area contributed by atoms with Crippen LogP contribution in [0, 0.1) is 0 Å². The molecule has 1 heterocycles. The Morgan fingerprint density at radius 3 is 1.84 bits per heavy atom. The first-order chi connectivity index (χ1) is 17.6. The third-order valence-electron chi connectivity index (χ3n) is 6.48. The van der Waals surface area contributed by atoms with E-state index in [0.717, 1.165) is 19.3 Å². The number of aliphatic hydroxyl groups is 4. The van der Waals surface area contributed by atoms with Crippen LogP contribution in [0.4, 0.5) is 0 Å². The van der Waals surface area contributed by atoms with E-state index in [1.807, 2.05) is 0 Å². The average molecular weight is 557 g/mol. The molecule has 0 aromatic carbocycles. The first kappa shape index (κ1) is 34.2. The molecule has 37 heavy (non-hydrogen) atoms. The Labute approximate surface area is 221 Å². The van der Waals surface area contributed by atoms with Crippen LogP contribution in [0.2, 0.25) is 0 Å². The minimum Gasteiger partial charge on any atom is -0.457 e. The van der Waals surface area contributed by atoms with Gasteiger partial charge in [0.15, 0.2) is 6.29 Å². The summed E-state index contributed by atoms with van der Waals surface area (Å²) in [6, 6.07) is 0. The van der Waals surface area contributed by atoms with Crippen LogP contribution < -0.4 is 0 Å². The lowest BCUT2D eigenvalue weighted by Gasteiger charge is -2.40. The highest BCUT2D eigenvalue weighted by Crippen LogP contribution is 2.23. The van der Waals surface area contributed by atoms with Crippen LogP contribution in [0.5, 0.6) is 0 Å². The minimum absolute atomic E-state index is 0.193. The maximum absolute atomic E-state index is 12.1. The summed E-state index contributed by atoms with van der Waals surface area (Å²) in [5, 5.41) is 39.3. The second-order valence-electron chi connectivity index (χ2n) is 9.88. The normalized spacial score (nSPS) is 25.2. The van der Waals surface area contributed by atoms with Crippen molar-refractivity contribution in [2.45, 2.75) is 134 Å². The van der Waals surface area contributed by atoms with Crippen molar-refractivity contribution < 1.29 is 52.4 Å². The molecule has 1 fully saturated rings. The van der Waals surface area contributed by atoms with E-state index in [2.05, 4.69) is 6.92 Å². The Kier molecular flexibility index (Phi) is 17.8. The highest BCUT2D eigenvalue weighted by atomic mass is 32.2. The Bertz CT molecular complexity index is 703. The summed E-state index contributed by atoms with van der Waals surface area (Å²) in [5.41, 5.74) is 0. The quantitative estimate of drug-likeness (QED) is 0.0793. The topological polar surface area (TPSA) is 180 Å². The van der Waals surface area contributed by atoms with Gasteiger partial charge in [0.1, 0.15) is 36.3 Å². The fraction of sp³-hybridized carbons (Fsp3) is 0.960. The third kappa shape index (κ3) is 15.4. The number of aliphatic hydroxyl groups excluding tert-OH is 4. The number of esters is 1. The highest BCUT2D eigenvalue weighted by Gasteiger charge is 2.45. The van der Waals surface area contributed by atoms with Gasteiger partial charge in [0.2, 0.25) is 0 Å². The SMILES string of the molecule is CCCCCCCCCCCCCCCC(=O)OC(CO)CO[C@H]1O[C@H](CS(=O)(=O)O)[C@@H](O)[C@H](O)[C@H]1O. The zero-order chi connectivity index (χ0) is 27.7. The molecule has 1 unspecified atom stereocenters. The summed E-state index contributed by atoms with van der Waals surface area (Å²) < 4.78 is 46.8. The maximum atomic E-state index is 12.1. The van der Waals surface area contributed by atoms with E-state index < -0.39 is 71.9 Å². The van der Waals surface area contributed by atoms with Gasteiger partial charge in [-0.05, 0) is 6.42 Å². The summed E-state index contributed by atoms with van der Waals surface area (Å²) in [6.45, 7) is 1.26. The van der Waals surface area contributed by atoms with Gasteiger partial charge in [-0.15, -0.1) is 0 Å². The fourth-order valence-corrected chi connectivity index (χ4v) is 4.95. The molecule has 0 aromatic heterocycles. The van der Waals surface area contributed by atoms with Gasteiger partial charge in [0.05, 0.1) is 13.2 Å². The molecule has 5 N–H and O–H groups in total. The van der Waals surface area contributed by atoms with Crippen molar-refractivity contribution in [2.24, 2.45) is 0 Å². The molecule has 0 aromatic rings. The number of unbranched alkanes of at least 4 members (excludes halogenated alkanes) is 12. The van der Waals surface area contributed by atoms with E-state index in [-0.39, 0.29) is 6.42 Å². The Morgan fingerprint density at radius 2 is 1.35 bits per heavy atom. The molecule has 0 spiro atoms. The molecular weight excluding hydrogens is 508 g/mol. The molecule has 0 aliphatic carbocycles. The average Bonchev–Trinajstić information content (AvgIpc) is 2.84. The molecule has 0 amide bonds. The number of rotatable bonds is 21. The highest BCUT2D eigenvalue weighted by molar-refractivity contribution is 7.85. The number of ether oxygens (including phenoxy) is 3. The smallest absolute Gasteiger partial charge is 0.306 e. The zero-order valence-electron chi connectivity index (χ0n) is 22.1. The van der Waals surface area contributed by atoms with Crippen molar-refractivity contribution in [1.29, 1.82) is 0 Å². The van der Waals surface area contributed by atoms with Gasteiger partial charge in [-0.2, -0.15) is 8.42 Å². The van der Waals surface area contributed by atoms with E-state index in [0.29, 0.717) is 6.42 Å². The maximum Gasteiger partial charge on any atom is 0.306 e. The predicted octanol–water partition coefficient (Wildman–Crippen LogP) is 2.08. The number of carbonyl (C=O) groups excluding carboxylic acids is 1. The summed E-state index contributed by atoms with van der Waals surface area (Å²) in [4.78, 5) is 12.1. The molecule has 12 heteroatoms. The summed E-state index contributed by atoms with van der Waals surface area (Å²) in [5.74, 6) is -1.52. The van der Waals surface area contributed by atoms with Crippen LogP contribution in [0.25, 0.3) is 0 Å². The molecule has 6 atom stereocenters. The van der Waals surface area contributed by atoms with Gasteiger partial charge in [-0.25, -0.2) is 0 Å². The van der Waals surface area contributed by atoms with Crippen molar-refractivity contribution in [2.75, 3.05) is 19.0 Å². The summed E-state index contributed by atoms with van der Waals surface area (Å²) >= 11 is 0. The molecular formula is C25H48O11S. The van der Waals surface area contributed by atoms with E-state index in [4.69, 9.17) is 18.8 Å². The first-order valence-corrected chi connectivity index (χ1v) is 15.3. The molecule has 0 saturated carbocycles. The first-order valence-electron chi connectivity index (χ1n) is 13.7. The lowest BCUT2D eigenvalue weighted by Crippen LogP contribution is -2.60. The van der Waals surface area contributed by atoms with Crippen LogP contribution in [0.15, 0.2) is 0 Å². The second kappa shape index (κ2) is 19.2. The van der Waals surface area contributed by atoms with Crippen molar-refractivity contribution in [3.63, 3.8) is 0 Å². The molecule has 0 radical (unpaired) electrons. The number of hydrogen-bond acceptors (Lipinski definition) is 10. The van der Waals surface area contributed by atoms with Gasteiger partial charge >= 0.3 is 5.97 Å². The van der Waals surface area contributed by atoms with E-state index in [1.54, 1.807) is 0 Å². The summed E-state index contributed by atoms with van der Waals surface area (Å²) in [7, 11) is -4.54. The fourth-order valence-electron chi connectivity index (χ4n) is 4.26. The molecule has 1 saturated heterocycles. The number of hydrogen-bond donors (Lipinski definition) is 5. The largest absolute Gasteiger partial charge is 0.457 e. The molecule has 1 rings (SSSR count). The predicted molar refractivity (Wildman–Crippen MR) is 136 cm³/mol. The summed E-state index contributed by atoms with van der Waals surface area (Å²) in [6.07, 6.45) is 6.15. The van der Waals surface area contributed by atoms with E-state index in [1.165, 1.54) is 57.8 Å². The van der Waals surface area contributed by atoms with Crippen molar-refractivity contribution >= 4 is 16.1 Å². The molecule has 1 aliphatic heterocycles. The van der Waals surface area contributed by atoms with Gasteiger partial charge in [0.25, 0.3) is 10.1 Å². The third-order valence-corrected chi connectivity index (χ3v) is 7.23. The molecule has 11 nitrogen and oxygen atoms in total. The van der Waals surface area contributed by atoms with E-state index in [9.17, 15) is 33.6 Å². The van der Waals surface area contributed by atoms with Crippen LogP contribution in [0.3, 0.4) is 0 Å². The van der Waals surface area contributed by atoms with Crippen molar-refractivity contribution in [3.8, 4) is 0 Å². The second-order valence-corrected chi connectivity index (χ2v) is 11.4. The van der Waals surface area contributed by atoms with Crippen molar-refractivity contribution in [1.82, 2.24) is 0 Å². The van der Waals surface area contributed by atoms with Crippen LogP contribution in [-0.2, 0) is 29.1 Å². The monoisotopic (exact) mass is 556 g/mol. The van der Waals surface area contributed by atoms with Crippen molar-refractivity contribution in [3.05, 3.63) is 0 Å². The Morgan fingerprint density at radius 1 is 0.838 bits per heavy atom. The van der Waals surface area contributed by atoms with Gasteiger partial charge in [-0.1, -0.05) is 84.0 Å². The van der Waals surface area contributed by atoms with Crippen LogP contribution in [0.1, 0.15) is 96.8 Å². The molecule has 1 aliphatic rings.